The first kappa shape index (κ1) is 20.5. The Balaban J connectivity index is 2.82. The number of amides is 1. The van der Waals surface area contributed by atoms with Crippen molar-refractivity contribution in [2.75, 3.05) is 19.8 Å². The first-order valence-corrected chi connectivity index (χ1v) is 8.05. The number of nitrogens with zero attached hydrogens (tertiary/aromatic N) is 3. The average Bonchev–Trinajstić information content (AvgIpc) is 2.47. The van der Waals surface area contributed by atoms with Gasteiger partial charge in [0.1, 0.15) is 24.4 Å². The van der Waals surface area contributed by atoms with Crippen molar-refractivity contribution in [1.29, 1.82) is 0 Å². The minimum absolute atomic E-state index is 0.0615. The Morgan fingerprint density at radius 3 is 2.62 bits per heavy atom. The number of azide groups is 1. The number of aliphatic hydroxyl groups is 2. The summed E-state index contributed by atoms with van der Waals surface area (Å²) in [6.07, 6.45) is -5.84. The van der Waals surface area contributed by atoms with Crippen LogP contribution in [0.1, 0.15) is 6.92 Å². The van der Waals surface area contributed by atoms with Gasteiger partial charge in [-0.2, -0.15) is 8.42 Å². The van der Waals surface area contributed by atoms with Crippen LogP contribution in [-0.2, 0) is 28.9 Å². The molecule has 1 rings (SSSR count). The van der Waals surface area contributed by atoms with Crippen LogP contribution in [0.25, 0.3) is 10.4 Å². The molecule has 0 bridgehead atoms. The van der Waals surface area contributed by atoms with Crippen LogP contribution in [0, 0.1) is 0 Å². The summed E-state index contributed by atoms with van der Waals surface area (Å²) in [4.78, 5) is 13.7. The zero-order chi connectivity index (χ0) is 18.3. The van der Waals surface area contributed by atoms with E-state index in [9.17, 15) is 23.4 Å². The van der Waals surface area contributed by atoms with E-state index in [0.29, 0.717) is 0 Å². The Morgan fingerprint density at radius 2 is 2.08 bits per heavy atom. The summed E-state index contributed by atoms with van der Waals surface area (Å²) in [5, 5.41) is 25.6. The quantitative estimate of drug-likeness (QED) is 0.124. The van der Waals surface area contributed by atoms with Crippen LogP contribution in [0.2, 0.25) is 0 Å². The van der Waals surface area contributed by atoms with E-state index in [1.165, 1.54) is 6.92 Å². The van der Waals surface area contributed by atoms with E-state index >= 15 is 0 Å². The van der Waals surface area contributed by atoms with Crippen LogP contribution < -0.4 is 5.32 Å². The Bertz CT molecular complexity index is 579. The van der Waals surface area contributed by atoms with Crippen LogP contribution in [-0.4, -0.2) is 79.5 Å². The van der Waals surface area contributed by atoms with Gasteiger partial charge in [0.2, 0.25) is 5.91 Å². The molecule has 4 N–H and O–H groups in total. The molecule has 1 aliphatic heterocycles. The van der Waals surface area contributed by atoms with Gasteiger partial charge in [-0.15, -0.1) is 0 Å². The van der Waals surface area contributed by atoms with Gasteiger partial charge in [-0.1, -0.05) is 5.11 Å². The van der Waals surface area contributed by atoms with Crippen molar-refractivity contribution in [3.63, 3.8) is 0 Å². The van der Waals surface area contributed by atoms with E-state index in [1.807, 2.05) is 0 Å². The number of rotatable bonds is 8. The van der Waals surface area contributed by atoms with Gasteiger partial charge in [0, 0.05) is 18.4 Å². The molecule has 0 aromatic rings. The van der Waals surface area contributed by atoms with Crippen LogP contribution in [0.5, 0.6) is 0 Å². The molecule has 5 atom stereocenters. The van der Waals surface area contributed by atoms with E-state index in [-0.39, 0.29) is 13.2 Å². The third kappa shape index (κ3) is 6.54. The Hall–Kier alpha value is -1.51. The average molecular weight is 370 g/mol. The summed E-state index contributed by atoms with van der Waals surface area (Å²) in [5.41, 5.74) is 8.18. The van der Waals surface area contributed by atoms with Crippen molar-refractivity contribution in [3.05, 3.63) is 10.4 Å². The molecule has 14 heteroatoms. The zero-order valence-electron chi connectivity index (χ0n) is 12.5. The van der Waals surface area contributed by atoms with E-state index in [2.05, 4.69) is 19.5 Å². The Morgan fingerprint density at radius 1 is 1.42 bits per heavy atom. The van der Waals surface area contributed by atoms with Crippen molar-refractivity contribution in [1.82, 2.24) is 5.32 Å². The number of hydrogen-bond donors (Lipinski definition) is 4. The number of aliphatic hydroxyl groups excluding tert-OH is 2. The molecular weight excluding hydrogens is 352 g/mol. The second kappa shape index (κ2) is 9.10. The maximum absolute atomic E-state index is 11.2. The molecule has 24 heavy (non-hydrogen) atoms. The minimum atomic E-state index is -4.78. The van der Waals surface area contributed by atoms with Crippen molar-refractivity contribution < 1.29 is 41.6 Å². The zero-order valence-corrected chi connectivity index (χ0v) is 13.4. The van der Waals surface area contributed by atoms with Crippen molar-refractivity contribution >= 4 is 16.3 Å². The number of nitrogens with one attached hydrogen (secondary N) is 1. The van der Waals surface area contributed by atoms with Gasteiger partial charge < -0.3 is 25.0 Å². The predicted molar refractivity (Wildman–Crippen MR) is 75.7 cm³/mol. The highest BCUT2D eigenvalue weighted by Gasteiger charge is 2.46. The van der Waals surface area contributed by atoms with Gasteiger partial charge >= 0.3 is 10.4 Å². The summed E-state index contributed by atoms with van der Waals surface area (Å²) in [6, 6.07) is -1.16. The van der Waals surface area contributed by atoms with E-state index in [1.54, 1.807) is 0 Å². The molecule has 1 aliphatic rings. The van der Waals surface area contributed by atoms with Crippen molar-refractivity contribution in [2.24, 2.45) is 5.11 Å². The van der Waals surface area contributed by atoms with Gasteiger partial charge in [-0.05, 0) is 5.53 Å². The van der Waals surface area contributed by atoms with Crippen LogP contribution in [0.4, 0.5) is 0 Å². The smallest absolute Gasteiger partial charge is 0.388 e. The summed E-state index contributed by atoms with van der Waals surface area (Å²) in [5.74, 6) is -0.536. The lowest BCUT2D eigenvalue weighted by Crippen LogP contribution is -2.64. The Labute approximate surface area is 137 Å². The van der Waals surface area contributed by atoms with Gasteiger partial charge in [0.05, 0.1) is 13.2 Å². The molecule has 0 aliphatic carbocycles. The highest BCUT2D eigenvalue weighted by molar-refractivity contribution is 7.80. The molecule has 0 radical (unpaired) electrons. The van der Waals surface area contributed by atoms with Gasteiger partial charge in [0.25, 0.3) is 0 Å². The first-order chi connectivity index (χ1) is 11.2. The van der Waals surface area contributed by atoms with E-state index in [0.717, 1.165) is 0 Å². The van der Waals surface area contributed by atoms with Gasteiger partial charge in [-0.25, -0.2) is 4.18 Å². The number of carbonyl (C=O) groups excluding carboxylic acids is 1. The molecule has 13 nitrogen and oxygen atoms in total. The molecule has 0 unspecified atom stereocenters. The summed E-state index contributed by atoms with van der Waals surface area (Å²) in [6.45, 7) is 0.192. The van der Waals surface area contributed by atoms with Crippen molar-refractivity contribution in [3.8, 4) is 0 Å². The maximum Gasteiger partial charge on any atom is 0.397 e. The normalized spacial score (nSPS) is 30.4. The highest BCUT2D eigenvalue weighted by atomic mass is 32.3. The molecule has 0 aromatic carbocycles. The molecule has 1 saturated heterocycles. The van der Waals surface area contributed by atoms with Crippen LogP contribution in [0.3, 0.4) is 0 Å². The molecule has 1 fully saturated rings. The maximum atomic E-state index is 11.2. The lowest BCUT2D eigenvalue weighted by atomic mass is 9.97. The lowest BCUT2D eigenvalue weighted by molar-refractivity contribution is -0.267. The predicted octanol–water partition coefficient (Wildman–Crippen LogP) is -1.92. The van der Waals surface area contributed by atoms with Crippen LogP contribution >= 0.6 is 0 Å². The summed E-state index contributed by atoms with van der Waals surface area (Å²) < 4.78 is 44.4. The third-order valence-electron chi connectivity index (χ3n) is 2.99. The highest BCUT2D eigenvalue weighted by Crippen LogP contribution is 2.23. The number of ether oxygens (including phenoxy) is 2. The SMILES string of the molecule is CC(=O)N[C@H]1[C@H](OCCN=[N+]=[N-])O[C@H](COS(=O)(=O)O)[C@@H](O)[C@@H]1O. The fourth-order valence-corrected chi connectivity index (χ4v) is 2.31. The fourth-order valence-electron chi connectivity index (χ4n) is 2.01. The van der Waals surface area contributed by atoms with Crippen molar-refractivity contribution in [2.45, 2.75) is 37.6 Å². The molecule has 0 saturated carbocycles. The third-order valence-corrected chi connectivity index (χ3v) is 3.42. The van der Waals surface area contributed by atoms with Crippen LogP contribution in [0.15, 0.2) is 5.11 Å². The van der Waals surface area contributed by atoms with Gasteiger partial charge in [-0.3, -0.25) is 9.35 Å². The molecule has 0 spiro atoms. The molecule has 1 heterocycles. The Kier molecular flexibility index (Phi) is 7.78. The topological polar surface area (TPSA) is 200 Å². The number of carbonyl (C=O) groups is 1. The second-order valence-electron chi connectivity index (χ2n) is 4.79. The number of hydrogen-bond acceptors (Lipinski definition) is 9. The second-order valence-corrected chi connectivity index (χ2v) is 5.88. The molecule has 138 valence electrons. The minimum Gasteiger partial charge on any atom is -0.388 e. The summed E-state index contributed by atoms with van der Waals surface area (Å²) in [7, 11) is -4.78. The standard InChI is InChI=1S/C10H18N4O9S/c1-5(15)13-7-9(17)8(16)6(4-22-24(18,19)20)23-10(7)21-3-2-12-14-11/h6-10,16-17H,2-4H2,1H3,(H,13,15)(H,18,19,20)/t6-,7-,8-,9-,10-/m1/s1. The van der Waals surface area contributed by atoms with Gasteiger partial charge in [0.15, 0.2) is 6.29 Å². The lowest BCUT2D eigenvalue weighted by Gasteiger charge is -2.42. The first-order valence-electron chi connectivity index (χ1n) is 6.68. The van der Waals surface area contributed by atoms with E-state index < -0.39 is 53.6 Å². The molecule has 0 aromatic heterocycles. The van der Waals surface area contributed by atoms with E-state index in [4.69, 9.17) is 19.6 Å². The largest absolute Gasteiger partial charge is 0.397 e. The monoisotopic (exact) mass is 370 g/mol. The molecular formula is C10H18N4O9S. The summed E-state index contributed by atoms with van der Waals surface area (Å²) >= 11 is 0. The fraction of sp³-hybridized carbons (Fsp3) is 0.900. The molecule has 1 amide bonds.